The molecule has 0 saturated carbocycles. The van der Waals surface area contributed by atoms with Crippen molar-refractivity contribution in [3.05, 3.63) is 39.4 Å². The smallest absolute Gasteiger partial charge is 0.305 e. The molecule has 114 valence electrons. The molecule has 0 aromatic heterocycles. The lowest BCUT2D eigenvalue weighted by molar-refractivity contribution is -0.387. The van der Waals surface area contributed by atoms with Crippen LogP contribution >= 0.6 is 0 Å². The summed E-state index contributed by atoms with van der Waals surface area (Å²) >= 11 is 0. The van der Waals surface area contributed by atoms with Crippen LogP contribution in [0.25, 0.3) is 0 Å². The Labute approximate surface area is 119 Å². The van der Waals surface area contributed by atoms with Crippen molar-refractivity contribution in [1.82, 2.24) is 4.90 Å². The molecule has 2 atom stereocenters. The SMILES string of the molecule is CC1CN(C(=O)c2c(F)ccc([N+](=O)[O-])c2F)CCC1O. The molecular weight excluding hydrogens is 286 g/mol. The summed E-state index contributed by atoms with van der Waals surface area (Å²) in [6.07, 6.45) is -0.278. The van der Waals surface area contributed by atoms with Crippen LogP contribution in [0.4, 0.5) is 14.5 Å². The van der Waals surface area contributed by atoms with Crippen molar-refractivity contribution >= 4 is 11.6 Å². The zero-order chi connectivity index (χ0) is 15.7. The second-order valence-corrected chi connectivity index (χ2v) is 5.10. The fourth-order valence-corrected chi connectivity index (χ4v) is 2.35. The maximum Gasteiger partial charge on any atom is 0.305 e. The van der Waals surface area contributed by atoms with E-state index in [2.05, 4.69) is 0 Å². The highest BCUT2D eigenvalue weighted by atomic mass is 19.1. The van der Waals surface area contributed by atoms with Gasteiger partial charge in [-0.15, -0.1) is 0 Å². The van der Waals surface area contributed by atoms with Gasteiger partial charge in [-0.25, -0.2) is 4.39 Å². The third-order valence-electron chi connectivity index (χ3n) is 3.63. The van der Waals surface area contributed by atoms with Gasteiger partial charge in [-0.1, -0.05) is 6.92 Å². The van der Waals surface area contributed by atoms with Gasteiger partial charge in [0.25, 0.3) is 5.91 Å². The van der Waals surface area contributed by atoms with E-state index in [0.29, 0.717) is 18.6 Å². The number of rotatable bonds is 2. The number of amides is 1. The number of likely N-dealkylation sites (tertiary alicyclic amines) is 1. The Morgan fingerprint density at radius 1 is 1.48 bits per heavy atom. The summed E-state index contributed by atoms with van der Waals surface area (Å²) in [5, 5.41) is 20.3. The van der Waals surface area contributed by atoms with E-state index in [1.165, 1.54) is 4.90 Å². The molecule has 1 saturated heterocycles. The number of aliphatic hydroxyl groups is 1. The van der Waals surface area contributed by atoms with Crippen molar-refractivity contribution in [3.8, 4) is 0 Å². The highest BCUT2D eigenvalue weighted by molar-refractivity contribution is 5.95. The Kier molecular flexibility index (Phi) is 4.17. The van der Waals surface area contributed by atoms with E-state index in [1.54, 1.807) is 6.92 Å². The van der Waals surface area contributed by atoms with E-state index in [9.17, 15) is 28.8 Å². The number of nitro groups is 1. The summed E-state index contributed by atoms with van der Waals surface area (Å²) < 4.78 is 27.7. The lowest BCUT2D eigenvalue weighted by Crippen LogP contribution is -2.45. The molecule has 2 unspecified atom stereocenters. The van der Waals surface area contributed by atoms with Crippen molar-refractivity contribution in [2.75, 3.05) is 13.1 Å². The van der Waals surface area contributed by atoms with Crippen LogP contribution in [-0.4, -0.2) is 40.0 Å². The van der Waals surface area contributed by atoms with E-state index in [0.717, 1.165) is 0 Å². The zero-order valence-electron chi connectivity index (χ0n) is 11.3. The molecule has 1 fully saturated rings. The van der Waals surface area contributed by atoms with E-state index >= 15 is 0 Å². The van der Waals surface area contributed by atoms with Gasteiger partial charge in [-0.3, -0.25) is 14.9 Å². The van der Waals surface area contributed by atoms with Crippen LogP contribution in [-0.2, 0) is 0 Å². The van der Waals surface area contributed by atoms with E-state index in [4.69, 9.17) is 0 Å². The summed E-state index contributed by atoms with van der Waals surface area (Å²) in [5.41, 5.74) is -1.86. The number of benzene rings is 1. The molecule has 21 heavy (non-hydrogen) atoms. The third kappa shape index (κ3) is 2.85. The third-order valence-corrected chi connectivity index (χ3v) is 3.63. The molecule has 6 nitrogen and oxygen atoms in total. The van der Waals surface area contributed by atoms with Crippen molar-refractivity contribution in [2.24, 2.45) is 5.92 Å². The summed E-state index contributed by atoms with van der Waals surface area (Å²) in [5.74, 6) is -3.77. The minimum Gasteiger partial charge on any atom is -0.393 e. The van der Waals surface area contributed by atoms with Gasteiger partial charge < -0.3 is 10.0 Å². The van der Waals surface area contributed by atoms with Gasteiger partial charge in [0.05, 0.1) is 11.0 Å². The van der Waals surface area contributed by atoms with Gasteiger partial charge in [0, 0.05) is 19.2 Å². The van der Waals surface area contributed by atoms with Gasteiger partial charge in [-0.2, -0.15) is 4.39 Å². The Morgan fingerprint density at radius 2 is 2.14 bits per heavy atom. The predicted octanol–water partition coefficient (Wildman–Crippen LogP) is 1.72. The second kappa shape index (κ2) is 5.72. The van der Waals surface area contributed by atoms with E-state index < -0.39 is 39.8 Å². The van der Waals surface area contributed by atoms with E-state index in [1.807, 2.05) is 0 Å². The normalized spacial score (nSPS) is 22.2. The van der Waals surface area contributed by atoms with Crippen molar-refractivity contribution in [2.45, 2.75) is 19.4 Å². The fourth-order valence-electron chi connectivity index (χ4n) is 2.35. The van der Waals surface area contributed by atoms with Crippen LogP contribution in [0.2, 0.25) is 0 Å². The van der Waals surface area contributed by atoms with Crippen LogP contribution < -0.4 is 0 Å². The monoisotopic (exact) mass is 300 g/mol. The highest BCUT2D eigenvalue weighted by Crippen LogP contribution is 2.26. The Balaban J connectivity index is 2.35. The molecule has 0 radical (unpaired) electrons. The number of nitro benzene ring substituents is 1. The molecule has 0 spiro atoms. The number of hydrogen-bond acceptors (Lipinski definition) is 4. The van der Waals surface area contributed by atoms with Gasteiger partial charge in [0.2, 0.25) is 5.82 Å². The molecule has 0 bridgehead atoms. The van der Waals surface area contributed by atoms with Crippen LogP contribution in [0.5, 0.6) is 0 Å². The van der Waals surface area contributed by atoms with Crippen LogP contribution in [0.3, 0.4) is 0 Å². The Morgan fingerprint density at radius 3 is 2.71 bits per heavy atom. The summed E-state index contributed by atoms with van der Waals surface area (Å²) in [7, 11) is 0. The fraction of sp³-hybridized carbons (Fsp3) is 0.462. The average molecular weight is 300 g/mol. The van der Waals surface area contributed by atoms with Crippen LogP contribution in [0.1, 0.15) is 23.7 Å². The first-order valence-electron chi connectivity index (χ1n) is 6.42. The van der Waals surface area contributed by atoms with Gasteiger partial charge in [-0.05, 0) is 18.4 Å². The van der Waals surface area contributed by atoms with Gasteiger partial charge in [0.1, 0.15) is 11.4 Å². The number of aliphatic hydroxyl groups excluding tert-OH is 1. The molecular formula is C13H14F2N2O4. The lowest BCUT2D eigenvalue weighted by atomic mass is 9.96. The lowest BCUT2D eigenvalue weighted by Gasteiger charge is -2.34. The maximum atomic E-state index is 14.0. The number of nitrogens with zero attached hydrogens (tertiary/aromatic N) is 2. The average Bonchev–Trinajstić information content (AvgIpc) is 2.41. The number of carbonyl (C=O) groups excluding carboxylic acids is 1. The first-order chi connectivity index (χ1) is 9.82. The van der Waals surface area contributed by atoms with Crippen molar-refractivity contribution in [3.63, 3.8) is 0 Å². The molecule has 8 heteroatoms. The molecule has 1 aromatic carbocycles. The van der Waals surface area contributed by atoms with Crippen LogP contribution in [0.15, 0.2) is 12.1 Å². The Hall–Kier alpha value is -2.09. The molecule has 1 aliphatic rings. The van der Waals surface area contributed by atoms with Crippen molar-refractivity contribution < 1.29 is 23.6 Å². The maximum absolute atomic E-state index is 14.0. The number of halogens is 2. The molecule has 1 amide bonds. The number of piperidine rings is 1. The standard InChI is InChI=1S/C13H14F2N2O4/c1-7-6-16(5-4-10(7)18)13(19)11-8(14)2-3-9(12(11)15)17(20)21/h2-3,7,10,18H,4-6H2,1H3. The highest BCUT2D eigenvalue weighted by Gasteiger charge is 2.33. The van der Waals surface area contributed by atoms with Gasteiger partial charge >= 0.3 is 5.69 Å². The van der Waals surface area contributed by atoms with Gasteiger partial charge in [0.15, 0.2) is 0 Å². The number of hydrogen-bond donors (Lipinski definition) is 1. The Bertz CT molecular complexity index is 594. The van der Waals surface area contributed by atoms with Crippen LogP contribution in [0, 0.1) is 27.7 Å². The first kappa shape index (κ1) is 15.3. The number of carbonyl (C=O) groups is 1. The second-order valence-electron chi connectivity index (χ2n) is 5.10. The minimum atomic E-state index is -1.47. The molecule has 0 aliphatic carbocycles. The largest absolute Gasteiger partial charge is 0.393 e. The molecule has 2 rings (SSSR count). The molecule has 1 N–H and O–H groups in total. The molecule has 1 aliphatic heterocycles. The first-order valence-corrected chi connectivity index (χ1v) is 6.42. The summed E-state index contributed by atoms with van der Waals surface area (Å²) in [6.45, 7) is 2.00. The van der Waals surface area contributed by atoms with Crippen molar-refractivity contribution in [1.29, 1.82) is 0 Å². The minimum absolute atomic E-state index is 0.140. The molecule has 1 aromatic rings. The molecule has 1 heterocycles. The summed E-state index contributed by atoms with van der Waals surface area (Å²) in [4.78, 5) is 23.1. The summed E-state index contributed by atoms with van der Waals surface area (Å²) in [6, 6.07) is 1.39. The zero-order valence-corrected chi connectivity index (χ0v) is 11.3. The predicted molar refractivity (Wildman–Crippen MR) is 68.7 cm³/mol. The topological polar surface area (TPSA) is 83.7 Å². The quantitative estimate of drug-likeness (QED) is 0.666. The van der Waals surface area contributed by atoms with E-state index in [-0.39, 0.29) is 19.0 Å².